The summed E-state index contributed by atoms with van der Waals surface area (Å²) in [6, 6.07) is 3.02. The molecule has 0 saturated carbocycles. The van der Waals surface area contributed by atoms with Gasteiger partial charge in [-0.25, -0.2) is 14.8 Å². The number of carbonyl (C=O) groups excluding carboxylic acids is 3. The molecule has 15 heteroatoms. The number of nitrogens with zero attached hydrogens (tertiary/aromatic N) is 4. The van der Waals surface area contributed by atoms with Gasteiger partial charge in [0.15, 0.2) is 18.2 Å². The van der Waals surface area contributed by atoms with Gasteiger partial charge in [-0.1, -0.05) is 19.1 Å². The monoisotopic (exact) mass is 618 g/mol. The Balaban J connectivity index is 1.94. The van der Waals surface area contributed by atoms with Gasteiger partial charge in [0.25, 0.3) is 5.91 Å². The van der Waals surface area contributed by atoms with Crippen LogP contribution in [0, 0.1) is 6.92 Å². The van der Waals surface area contributed by atoms with E-state index in [2.05, 4.69) is 15.3 Å². The normalized spacial score (nSPS) is 11.7. The molecule has 234 valence electrons. The van der Waals surface area contributed by atoms with Crippen molar-refractivity contribution in [3.63, 3.8) is 0 Å². The van der Waals surface area contributed by atoms with Gasteiger partial charge < -0.3 is 33.6 Å². The maximum atomic E-state index is 13.2. The van der Waals surface area contributed by atoms with Crippen molar-refractivity contribution in [1.29, 1.82) is 0 Å². The molecular formula is C28H38N6O8S. The Hall–Kier alpha value is -4.08. The second kappa shape index (κ2) is 14.9. The summed E-state index contributed by atoms with van der Waals surface area (Å²) in [6.07, 6.45) is 3.93. The number of amides is 3. The number of primary amides is 1. The van der Waals surface area contributed by atoms with E-state index in [0.29, 0.717) is 47.8 Å². The van der Waals surface area contributed by atoms with Crippen LogP contribution in [0.25, 0.3) is 11.0 Å². The van der Waals surface area contributed by atoms with Crippen LogP contribution in [0.3, 0.4) is 0 Å². The Morgan fingerprint density at radius 1 is 1.23 bits per heavy atom. The Kier molecular flexibility index (Phi) is 11.6. The maximum absolute atomic E-state index is 13.2. The molecule has 4 N–H and O–H groups in total. The number of oxazole rings is 1. The Labute approximate surface area is 254 Å². The number of anilines is 1. The van der Waals surface area contributed by atoms with E-state index in [-0.39, 0.29) is 49.4 Å². The highest BCUT2D eigenvalue weighted by molar-refractivity contribution is 7.88. The van der Waals surface area contributed by atoms with Gasteiger partial charge in [-0.2, -0.15) is 0 Å². The third-order valence-electron chi connectivity index (χ3n) is 5.93. The molecule has 0 atom stereocenters. The van der Waals surface area contributed by atoms with Gasteiger partial charge in [-0.05, 0) is 45.7 Å². The minimum Gasteiger partial charge on any atom is -0.491 e. The Morgan fingerprint density at radius 2 is 1.98 bits per heavy atom. The maximum Gasteiger partial charge on any atom is 0.410 e. The van der Waals surface area contributed by atoms with Gasteiger partial charge in [-0.3, -0.25) is 19.1 Å². The molecule has 0 unspecified atom stereocenters. The Morgan fingerprint density at radius 3 is 2.63 bits per heavy atom. The largest absolute Gasteiger partial charge is 0.491 e. The average molecular weight is 619 g/mol. The number of hydrogen-bond acceptors (Lipinski definition) is 11. The first kappa shape index (κ1) is 33.4. The second-order valence-electron chi connectivity index (χ2n) is 10.5. The number of ether oxygens (including phenoxy) is 2. The molecular weight excluding hydrogens is 580 g/mol. The van der Waals surface area contributed by atoms with Crippen LogP contribution in [0.5, 0.6) is 5.75 Å². The summed E-state index contributed by atoms with van der Waals surface area (Å²) in [7, 11) is 1.63. The van der Waals surface area contributed by atoms with Crippen LogP contribution in [0.1, 0.15) is 66.6 Å². The lowest BCUT2D eigenvalue weighted by Gasteiger charge is -2.24. The molecule has 2 heterocycles. The molecule has 0 saturated heterocycles. The van der Waals surface area contributed by atoms with E-state index in [1.807, 2.05) is 6.92 Å². The predicted octanol–water partition coefficient (Wildman–Crippen LogP) is 4.58. The van der Waals surface area contributed by atoms with Crippen molar-refractivity contribution in [3.05, 3.63) is 47.2 Å². The molecule has 2 aromatic heterocycles. The summed E-state index contributed by atoms with van der Waals surface area (Å²) >= 11 is 0.251. The van der Waals surface area contributed by atoms with E-state index in [1.165, 1.54) is 17.0 Å². The second-order valence-corrected chi connectivity index (χ2v) is 10.9. The van der Waals surface area contributed by atoms with Crippen molar-refractivity contribution < 1.29 is 37.0 Å². The first-order valence-electron chi connectivity index (χ1n) is 13.6. The molecule has 0 bridgehead atoms. The minimum atomic E-state index is -0.681. The third kappa shape index (κ3) is 9.20. The number of aromatic nitrogens is 3. The zero-order chi connectivity index (χ0) is 31.7. The summed E-state index contributed by atoms with van der Waals surface area (Å²) < 4.78 is 32.4. The minimum absolute atomic E-state index is 0.0749. The lowest BCUT2D eigenvalue weighted by molar-refractivity contribution is 0.0292. The average Bonchev–Trinajstić information content (AvgIpc) is 3.49. The van der Waals surface area contributed by atoms with E-state index in [4.69, 9.17) is 28.4 Å². The topological polar surface area (TPSA) is 184 Å². The highest BCUT2D eigenvalue weighted by Gasteiger charge is 2.24. The van der Waals surface area contributed by atoms with Crippen molar-refractivity contribution in [2.75, 3.05) is 32.1 Å². The van der Waals surface area contributed by atoms with E-state index < -0.39 is 23.5 Å². The highest BCUT2D eigenvalue weighted by Crippen LogP contribution is 2.31. The third-order valence-corrected chi connectivity index (χ3v) is 6.18. The molecule has 0 radical (unpaired) electrons. The van der Waals surface area contributed by atoms with Crippen LogP contribution in [0.2, 0.25) is 0 Å². The van der Waals surface area contributed by atoms with Crippen LogP contribution in [-0.4, -0.2) is 74.3 Å². The highest BCUT2D eigenvalue weighted by atomic mass is 32.2. The Bertz CT molecular complexity index is 1480. The molecule has 43 heavy (non-hydrogen) atoms. The SMILES string of the molecule is CCc1nc(C)oc1C(=O)Nc1nc2cc(C(N)=O)cc(OCCCN(C)C(=O)OC(C)(C)C)c2n1C/C=C/COSO. The van der Waals surface area contributed by atoms with Gasteiger partial charge in [0.1, 0.15) is 16.9 Å². The van der Waals surface area contributed by atoms with E-state index in [0.717, 1.165) is 0 Å². The van der Waals surface area contributed by atoms with Gasteiger partial charge >= 0.3 is 6.09 Å². The number of aryl methyl sites for hydroxylation is 2. The number of allylic oxidation sites excluding steroid dienone is 1. The molecule has 0 aliphatic carbocycles. The molecule has 0 aliphatic heterocycles. The first-order valence-corrected chi connectivity index (χ1v) is 14.3. The molecule has 1 aromatic carbocycles. The summed E-state index contributed by atoms with van der Waals surface area (Å²) in [5.41, 5.74) is 6.50. The molecule has 0 aliphatic rings. The molecule has 0 spiro atoms. The fraction of sp³-hybridized carbons (Fsp3) is 0.464. The lowest BCUT2D eigenvalue weighted by Crippen LogP contribution is -2.35. The van der Waals surface area contributed by atoms with E-state index in [1.54, 1.807) is 51.5 Å². The van der Waals surface area contributed by atoms with Gasteiger partial charge in [0, 0.05) is 32.6 Å². The van der Waals surface area contributed by atoms with E-state index >= 15 is 0 Å². The number of hydrogen-bond donors (Lipinski definition) is 3. The van der Waals surface area contributed by atoms with E-state index in [9.17, 15) is 14.4 Å². The zero-order valence-corrected chi connectivity index (χ0v) is 25.9. The number of fused-ring (bicyclic) bond motifs is 1. The van der Waals surface area contributed by atoms with Gasteiger partial charge in [0.2, 0.25) is 17.6 Å². The molecule has 3 rings (SSSR count). The predicted molar refractivity (Wildman–Crippen MR) is 161 cm³/mol. The van der Waals surface area contributed by atoms with Crippen LogP contribution in [0.4, 0.5) is 10.7 Å². The molecule has 0 fully saturated rings. The van der Waals surface area contributed by atoms with Crippen molar-refractivity contribution in [1.82, 2.24) is 19.4 Å². The smallest absolute Gasteiger partial charge is 0.410 e. The summed E-state index contributed by atoms with van der Waals surface area (Å²) in [5, 5.41) is 2.79. The standard InChI is InChI=1S/C28H38N6O8S/c1-7-19-23(41-17(2)30-19)25(36)32-26-31-20-15-18(24(29)35)16-21(22(20)34(26)12-8-9-14-40-43-38)39-13-10-11-33(6)27(37)42-28(3,4)5/h8-9,15-16,38H,7,10-14H2,1-6H3,(H2,29,35)(H,31,32,36)/b9-8+. The number of imidazole rings is 1. The summed E-state index contributed by atoms with van der Waals surface area (Å²) in [5.74, 6) is -0.320. The molecule has 14 nitrogen and oxygen atoms in total. The van der Waals surface area contributed by atoms with Crippen molar-refractivity contribution in [3.8, 4) is 5.75 Å². The van der Waals surface area contributed by atoms with Crippen LogP contribution in [0.15, 0.2) is 28.7 Å². The van der Waals surface area contributed by atoms with Crippen LogP contribution in [-0.2, 0) is 21.9 Å². The quantitative estimate of drug-likeness (QED) is 0.131. The number of carbonyl (C=O) groups is 3. The van der Waals surface area contributed by atoms with Crippen molar-refractivity contribution >= 4 is 47.2 Å². The van der Waals surface area contributed by atoms with Gasteiger partial charge in [-0.15, -0.1) is 0 Å². The molecule has 3 aromatic rings. The van der Waals surface area contributed by atoms with Crippen LogP contribution >= 0.6 is 12.3 Å². The number of rotatable bonds is 14. The number of nitrogens with two attached hydrogens (primary N) is 1. The van der Waals surface area contributed by atoms with Gasteiger partial charge in [0.05, 0.1) is 24.4 Å². The number of nitrogens with one attached hydrogen (secondary N) is 1. The van der Waals surface area contributed by atoms with Crippen LogP contribution < -0.4 is 15.8 Å². The zero-order valence-electron chi connectivity index (χ0n) is 25.1. The molecule has 3 amide bonds. The first-order chi connectivity index (χ1) is 20.3. The fourth-order valence-electron chi connectivity index (χ4n) is 4.03. The summed E-state index contributed by atoms with van der Waals surface area (Å²) in [4.78, 5) is 47.9. The summed E-state index contributed by atoms with van der Waals surface area (Å²) in [6.45, 7) is 9.79. The van der Waals surface area contributed by atoms with Crippen molar-refractivity contribution in [2.24, 2.45) is 5.73 Å². The van der Waals surface area contributed by atoms with Crippen molar-refractivity contribution in [2.45, 2.75) is 59.6 Å². The fourth-order valence-corrected chi connectivity index (χ4v) is 4.17. The lowest BCUT2D eigenvalue weighted by atomic mass is 10.1. The number of benzene rings is 1.